The largest absolute Gasteiger partial charge is 0.370 e. The smallest absolute Gasteiger partial charge is 0.261 e. The highest BCUT2D eigenvalue weighted by atomic mass is 35.7. The van der Waals surface area contributed by atoms with Crippen molar-refractivity contribution in [3.63, 3.8) is 0 Å². The second-order valence-corrected chi connectivity index (χ2v) is 6.06. The molecule has 2 N–H and O–H groups in total. The van der Waals surface area contributed by atoms with Crippen LogP contribution in [0, 0.1) is 0 Å². The lowest BCUT2D eigenvalue weighted by molar-refractivity contribution is -0.115. The molecule has 2 aromatic carbocycles. The molecule has 0 saturated heterocycles. The van der Waals surface area contributed by atoms with Crippen LogP contribution in [0.25, 0.3) is 10.8 Å². The summed E-state index contributed by atoms with van der Waals surface area (Å²) in [5.41, 5.74) is 4.47. The quantitative estimate of drug-likeness (QED) is 0.817. The van der Waals surface area contributed by atoms with Crippen LogP contribution in [-0.4, -0.2) is 14.3 Å². The molecule has 0 radical (unpaired) electrons. The van der Waals surface area contributed by atoms with E-state index in [0.29, 0.717) is 5.39 Å². The summed E-state index contributed by atoms with van der Waals surface area (Å²) in [4.78, 5) is 9.39. The van der Waals surface area contributed by atoms with E-state index in [1.807, 2.05) is 18.2 Å². The van der Waals surface area contributed by atoms with E-state index in [9.17, 15) is 13.2 Å². The highest BCUT2D eigenvalue weighted by molar-refractivity contribution is 8.14. The van der Waals surface area contributed by atoms with Gasteiger partial charge in [-0.05, 0) is 11.5 Å². The van der Waals surface area contributed by atoms with Crippen molar-refractivity contribution in [2.75, 3.05) is 0 Å². The fourth-order valence-corrected chi connectivity index (χ4v) is 2.50. The number of hydrogen-bond donors (Lipinski definition) is 1. The first kappa shape index (κ1) is 14.5. The molecule has 0 unspecified atom stereocenters. The molecular formula is C12H12ClNO3S. The van der Waals surface area contributed by atoms with Crippen molar-refractivity contribution in [1.82, 2.24) is 0 Å². The molecule has 0 atom stereocenters. The summed E-state index contributed by atoms with van der Waals surface area (Å²) in [6.07, 6.45) is 0. The van der Waals surface area contributed by atoms with E-state index >= 15 is 0 Å². The van der Waals surface area contributed by atoms with Crippen LogP contribution in [-0.2, 0) is 13.8 Å². The number of halogens is 1. The fourth-order valence-electron chi connectivity index (χ4n) is 1.41. The van der Waals surface area contributed by atoms with Crippen molar-refractivity contribution in [1.29, 1.82) is 0 Å². The lowest BCUT2D eigenvalue weighted by Crippen LogP contribution is -2.01. The minimum atomic E-state index is -3.66. The van der Waals surface area contributed by atoms with Gasteiger partial charge in [0.1, 0.15) is 0 Å². The Morgan fingerprint density at radius 1 is 1.11 bits per heavy atom. The average Bonchev–Trinajstić information content (AvgIpc) is 2.26. The number of amides is 1. The normalized spacial score (nSPS) is 10.6. The maximum atomic E-state index is 11.2. The maximum absolute atomic E-state index is 11.2. The Bertz CT molecular complexity index is 659. The predicted octanol–water partition coefficient (Wildman–Crippen LogP) is 2.26. The Morgan fingerprint density at radius 2 is 1.61 bits per heavy atom. The summed E-state index contributed by atoms with van der Waals surface area (Å²) < 4.78 is 22.4. The van der Waals surface area contributed by atoms with Crippen molar-refractivity contribution in [2.45, 2.75) is 11.8 Å². The number of fused-ring (bicyclic) bond motifs is 1. The molecule has 0 aliphatic carbocycles. The Morgan fingerprint density at radius 3 is 2.17 bits per heavy atom. The lowest BCUT2D eigenvalue weighted by atomic mass is 10.1. The van der Waals surface area contributed by atoms with Gasteiger partial charge in [-0.1, -0.05) is 36.4 Å². The summed E-state index contributed by atoms with van der Waals surface area (Å²) in [5, 5.41) is 1.53. The molecule has 0 aliphatic heterocycles. The van der Waals surface area contributed by atoms with Crippen molar-refractivity contribution in [3.8, 4) is 0 Å². The molecule has 0 aromatic heterocycles. The van der Waals surface area contributed by atoms with Crippen molar-refractivity contribution >= 4 is 36.4 Å². The highest BCUT2D eigenvalue weighted by Gasteiger charge is 2.12. The summed E-state index contributed by atoms with van der Waals surface area (Å²) in [5.74, 6) is -0.333. The zero-order valence-electron chi connectivity index (χ0n) is 9.63. The summed E-state index contributed by atoms with van der Waals surface area (Å²) in [7, 11) is 1.65. The maximum Gasteiger partial charge on any atom is 0.261 e. The first-order valence-electron chi connectivity index (χ1n) is 5.01. The molecule has 2 aromatic rings. The van der Waals surface area contributed by atoms with Crippen LogP contribution in [0.15, 0.2) is 47.4 Å². The number of primary amides is 1. The molecule has 6 heteroatoms. The minimum absolute atomic E-state index is 0.164. The first-order chi connectivity index (χ1) is 8.32. The summed E-state index contributed by atoms with van der Waals surface area (Å²) in [6.45, 7) is 1.31. The summed E-state index contributed by atoms with van der Waals surface area (Å²) >= 11 is 0. The Hall–Kier alpha value is -1.59. The first-order valence-corrected chi connectivity index (χ1v) is 7.32. The summed E-state index contributed by atoms with van der Waals surface area (Å²) in [6, 6.07) is 12.3. The van der Waals surface area contributed by atoms with Crippen molar-refractivity contribution in [2.24, 2.45) is 5.73 Å². The Labute approximate surface area is 110 Å². The number of carbonyl (C=O) groups excluding carboxylic acids is 1. The van der Waals surface area contributed by atoms with Gasteiger partial charge in [-0.15, -0.1) is 0 Å². The van der Waals surface area contributed by atoms with Crippen molar-refractivity contribution in [3.05, 3.63) is 42.5 Å². The predicted molar refractivity (Wildman–Crippen MR) is 71.9 cm³/mol. The molecule has 0 aliphatic rings. The van der Waals surface area contributed by atoms with Gasteiger partial charge in [0.25, 0.3) is 9.05 Å². The third kappa shape index (κ3) is 4.01. The number of rotatable bonds is 1. The van der Waals surface area contributed by atoms with E-state index in [1.54, 1.807) is 18.2 Å². The van der Waals surface area contributed by atoms with E-state index in [-0.39, 0.29) is 10.8 Å². The Balaban J connectivity index is 0.000000357. The molecule has 0 saturated carbocycles. The van der Waals surface area contributed by atoms with Crippen LogP contribution in [0.2, 0.25) is 0 Å². The van der Waals surface area contributed by atoms with Crippen LogP contribution in [0.3, 0.4) is 0 Å². The minimum Gasteiger partial charge on any atom is -0.370 e. The molecule has 0 fully saturated rings. The van der Waals surface area contributed by atoms with Crippen LogP contribution >= 0.6 is 10.7 Å². The van der Waals surface area contributed by atoms with Crippen LogP contribution in [0.1, 0.15) is 6.92 Å². The molecule has 0 spiro atoms. The Kier molecular flexibility index (Phi) is 4.69. The molecule has 18 heavy (non-hydrogen) atoms. The molecule has 1 amide bonds. The fraction of sp³-hybridized carbons (Fsp3) is 0.0833. The van der Waals surface area contributed by atoms with Gasteiger partial charge in [-0.3, -0.25) is 4.79 Å². The zero-order valence-corrected chi connectivity index (χ0v) is 11.2. The second kappa shape index (κ2) is 5.84. The number of nitrogens with two attached hydrogens (primary N) is 1. The molecule has 2 rings (SSSR count). The van der Waals surface area contributed by atoms with Crippen LogP contribution in [0.5, 0.6) is 0 Å². The van der Waals surface area contributed by atoms with Crippen molar-refractivity contribution < 1.29 is 13.2 Å². The van der Waals surface area contributed by atoms with Gasteiger partial charge in [0.2, 0.25) is 5.91 Å². The van der Waals surface area contributed by atoms with Crippen LogP contribution in [0.4, 0.5) is 0 Å². The molecule has 0 bridgehead atoms. The van der Waals surface area contributed by atoms with Gasteiger partial charge in [0, 0.05) is 23.0 Å². The standard InChI is InChI=1S/C10H7ClO2S.C2H5NO/c11-14(12,13)10-7-3-5-8-4-1-2-6-9(8)10;1-2(3)4/h1-7H;1H3,(H2,3,4). The van der Waals surface area contributed by atoms with Gasteiger partial charge in [-0.2, -0.15) is 0 Å². The van der Waals surface area contributed by atoms with Gasteiger partial charge in [0.15, 0.2) is 0 Å². The second-order valence-electron chi connectivity index (χ2n) is 3.53. The molecule has 96 valence electrons. The number of hydrogen-bond acceptors (Lipinski definition) is 3. The van der Waals surface area contributed by atoms with Gasteiger partial charge in [0.05, 0.1) is 4.90 Å². The zero-order chi connectivity index (χ0) is 13.8. The molecular weight excluding hydrogens is 274 g/mol. The lowest BCUT2D eigenvalue weighted by Gasteiger charge is -2.01. The van der Waals surface area contributed by atoms with E-state index < -0.39 is 9.05 Å². The van der Waals surface area contributed by atoms with E-state index in [1.165, 1.54) is 13.0 Å². The van der Waals surface area contributed by atoms with Crippen LogP contribution < -0.4 is 5.73 Å². The monoisotopic (exact) mass is 285 g/mol. The third-order valence-electron chi connectivity index (χ3n) is 2.01. The average molecular weight is 286 g/mol. The van der Waals surface area contributed by atoms with Gasteiger partial charge < -0.3 is 5.73 Å². The topological polar surface area (TPSA) is 77.2 Å². The molecule has 0 heterocycles. The van der Waals surface area contributed by atoms with Gasteiger partial charge >= 0.3 is 0 Å². The highest BCUT2D eigenvalue weighted by Crippen LogP contribution is 2.25. The number of carbonyl (C=O) groups is 1. The third-order valence-corrected chi connectivity index (χ3v) is 3.39. The molecule has 4 nitrogen and oxygen atoms in total. The van der Waals surface area contributed by atoms with E-state index in [2.05, 4.69) is 5.73 Å². The SMILES string of the molecule is CC(N)=O.O=S(=O)(Cl)c1cccc2ccccc12. The van der Waals surface area contributed by atoms with E-state index in [0.717, 1.165) is 5.39 Å². The number of benzene rings is 2. The van der Waals surface area contributed by atoms with E-state index in [4.69, 9.17) is 10.7 Å². The van der Waals surface area contributed by atoms with Gasteiger partial charge in [-0.25, -0.2) is 8.42 Å².